The van der Waals surface area contributed by atoms with Crippen LogP contribution >= 0.6 is 11.8 Å². The number of aromatic nitrogens is 1. The molecular weight excluding hydrogens is 230 g/mol. The average molecular weight is 243 g/mol. The molecule has 86 valence electrons. The largest absolute Gasteiger partial charge is 0.334 e. The van der Waals surface area contributed by atoms with Crippen LogP contribution in [-0.4, -0.2) is 22.4 Å². The molecule has 0 unspecified atom stereocenters. The minimum Gasteiger partial charge on any atom is -0.334 e. The van der Waals surface area contributed by atoms with E-state index in [1.165, 1.54) is 6.42 Å². The Hall–Kier alpha value is -1.55. The Labute approximate surface area is 104 Å². The highest BCUT2D eigenvalue weighted by atomic mass is 32.2. The van der Waals surface area contributed by atoms with Crippen LogP contribution in [0, 0.1) is 0 Å². The molecule has 0 amide bonds. The molecule has 4 heteroatoms. The molecule has 0 saturated carbocycles. The first-order valence-electron chi connectivity index (χ1n) is 5.71. The van der Waals surface area contributed by atoms with E-state index >= 15 is 0 Å². The molecule has 0 atom stereocenters. The average Bonchev–Trinajstić information content (AvgIpc) is 2.40. The zero-order chi connectivity index (χ0) is 11.5. The van der Waals surface area contributed by atoms with Crippen molar-refractivity contribution >= 4 is 33.5 Å². The zero-order valence-electron chi connectivity index (χ0n) is 9.39. The van der Waals surface area contributed by atoms with Crippen molar-refractivity contribution in [2.24, 2.45) is 4.99 Å². The molecule has 17 heavy (non-hydrogen) atoms. The summed E-state index contributed by atoms with van der Waals surface area (Å²) in [6.07, 6.45) is 3.03. The predicted molar refractivity (Wildman–Crippen MR) is 74.7 cm³/mol. The van der Waals surface area contributed by atoms with Gasteiger partial charge in [0.25, 0.3) is 0 Å². The molecule has 0 bridgehead atoms. The molecule has 0 spiro atoms. The first-order valence-corrected chi connectivity index (χ1v) is 6.69. The van der Waals surface area contributed by atoms with Gasteiger partial charge in [0.2, 0.25) is 0 Å². The van der Waals surface area contributed by atoms with Crippen LogP contribution < -0.4 is 5.32 Å². The third kappa shape index (κ3) is 2.42. The van der Waals surface area contributed by atoms with Crippen molar-refractivity contribution < 1.29 is 0 Å². The van der Waals surface area contributed by atoms with E-state index < -0.39 is 0 Å². The Morgan fingerprint density at radius 1 is 1.24 bits per heavy atom. The fraction of sp³-hybridized carbons (Fsp3) is 0.231. The second-order valence-corrected chi connectivity index (χ2v) is 5.01. The standard InChI is InChI=1S/C13H13N3S/c1-2-5-12-10(4-1)8-11(9-15-12)16-13-14-6-3-7-17-13/h1-2,4-5,8-9H,3,6-7H2,(H,14,16). The van der Waals surface area contributed by atoms with Gasteiger partial charge in [0.1, 0.15) is 0 Å². The SMILES string of the molecule is c1ccc2ncc(NC3=NCCCS3)cc2c1. The normalized spacial score (nSPS) is 15.6. The molecule has 0 fully saturated rings. The number of para-hydroxylation sites is 1. The van der Waals surface area contributed by atoms with Gasteiger partial charge in [0.05, 0.1) is 17.4 Å². The van der Waals surface area contributed by atoms with Gasteiger partial charge in [0, 0.05) is 17.7 Å². The summed E-state index contributed by atoms with van der Waals surface area (Å²) in [4.78, 5) is 8.87. The smallest absolute Gasteiger partial charge is 0.161 e. The first-order chi connectivity index (χ1) is 8.42. The summed E-state index contributed by atoms with van der Waals surface area (Å²) < 4.78 is 0. The molecule has 0 radical (unpaired) electrons. The van der Waals surface area contributed by atoms with Gasteiger partial charge >= 0.3 is 0 Å². The van der Waals surface area contributed by atoms with Gasteiger partial charge in [-0.05, 0) is 18.6 Å². The maximum absolute atomic E-state index is 4.45. The highest BCUT2D eigenvalue weighted by molar-refractivity contribution is 8.14. The van der Waals surface area contributed by atoms with Gasteiger partial charge in [-0.3, -0.25) is 9.98 Å². The van der Waals surface area contributed by atoms with Gasteiger partial charge in [-0.2, -0.15) is 0 Å². The lowest BCUT2D eigenvalue weighted by Gasteiger charge is -2.13. The number of thioether (sulfide) groups is 1. The van der Waals surface area contributed by atoms with Gasteiger partial charge in [-0.1, -0.05) is 30.0 Å². The number of hydrogen-bond acceptors (Lipinski definition) is 4. The molecule has 2 aromatic rings. The third-order valence-electron chi connectivity index (χ3n) is 2.64. The van der Waals surface area contributed by atoms with Crippen molar-refractivity contribution in [1.82, 2.24) is 4.98 Å². The third-order valence-corrected chi connectivity index (χ3v) is 3.64. The van der Waals surface area contributed by atoms with Gasteiger partial charge in [-0.15, -0.1) is 0 Å². The van der Waals surface area contributed by atoms with Crippen molar-refractivity contribution in [3.63, 3.8) is 0 Å². The van der Waals surface area contributed by atoms with Crippen LogP contribution in [0.1, 0.15) is 6.42 Å². The van der Waals surface area contributed by atoms with E-state index in [1.54, 1.807) is 11.8 Å². The summed E-state index contributed by atoms with van der Waals surface area (Å²) in [7, 11) is 0. The summed E-state index contributed by atoms with van der Waals surface area (Å²) in [5, 5.41) is 5.48. The molecule has 0 aliphatic carbocycles. The number of rotatable bonds is 1. The fourth-order valence-electron chi connectivity index (χ4n) is 1.80. The number of nitrogens with one attached hydrogen (secondary N) is 1. The van der Waals surface area contributed by atoms with Gasteiger partial charge in [0.15, 0.2) is 5.17 Å². The Kier molecular flexibility index (Phi) is 2.96. The van der Waals surface area contributed by atoms with Crippen molar-refractivity contribution in [2.75, 3.05) is 17.6 Å². The number of benzene rings is 1. The summed E-state index contributed by atoms with van der Waals surface area (Å²) in [5.41, 5.74) is 2.04. The number of fused-ring (bicyclic) bond motifs is 1. The van der Waals surface area contributed by atoms with Crippen LogP contribution in [0.3, 0.4) is 0 Å². The molecule has 3 nitrogen and oxygen atoms in total. The molecule has 1 aromatic heterocycles. The quantitative estimate of drug-likeness (QED) is 0.836. The monoisotopic (exact) mass is 243 g/mol. The molecular formula is C13H13N3S. The van der Waals surface area contributed by atoms with Crippen LogP contribution in [0.25, 0.3) is 10.9 Å². The maximum Gasteiger partial charge on any atom is 0.161 e. The Morgan fingerprint density at radius 3 is 3.06 bits per heavy atom. The highest BCUT2D eigenvalue weighted by Crippen LogP contribution is 2.19. The summed E-state index contributed by atoms with van der Waals surface area (Å²) in [5.74, 6) is 1.15. The minimum absolute atomic E-state index is 0.927. The Bertz CT molecular complexity index is 565. The van der Waals surface area contributed by atoms with Crippen LogP contribution in [0.2, 0.25) is 0 Å². The van der Waals surface area contributed by atoms with Crippen molar-refractivity contribution in [2.45, 2.75) is 6.42 Å². The van der Waals surface area contributed by atoms with E-state index in [4.69, 9.17) is 0 Å². The van der Waals surface area contributed by atoms with Gasteiger partial charge in [-0.25, -0.2) is 0 Å². The number of aliphatic imine (C=N–C) groups is 1. The molecule has 1 N–H and O–H groups in total. The molecule has 1 aromatic carbocycles. The van der Waals surface area contributed by atoms with Crippen LogP contribution in [0.5, 0.6) is 0 Å². The zero-order valence-corrected chi connectivity index (χ0v) is 10.2. The van der Waals surface area contributed by atoms with Crippen molar-refractivity contribution in [3.8, 4) is 0 Å². The maximum atomic E-state index is 4.45. The lowest BCUT2D eigenvalue weighted by Crippen LogP contribution is -2.13. The van der Waals surface area contributed by atoms with Crippen LogP contribution in [0.4, 0.5) is 5.69 Å². The second kappa shape index (κ2) is 4.75. The van der Waals surface area contributed by atoms with E-state index in [0.29, 0.717) is 0 Å². The van der Waals surface area contributed by atoms with Crippen LogP contribution in [-0.2, 0) is 0 Å². The van der Waals surface area contributed by atoms with E-state index in [0.717, 1.165) is 34.1 Å². The fourth-order valence-corrected chi connectivity index (χ4v) is 2.64. The summed E-state index contributed by atoms with van der Waals surface area (Å²) in [6, 6.07) is 10.2. The lowest BCUT2D eigenvalue weighted by molar-refractivity contribution is 0.938. The summed E-state index contributed by atoms with van der Waals surface area (Å²) in [6.45, 7) is 0.927. The van der Waals surface area contributed by atoms with Crippen LogP contribution in [0.15, 0.2) is 41.5 Å². The minimum atomic E-state index is 0.927. The number of pyridine rings is 1. The van der Waals surface area contributed by atoms with E-state index in [1.807, 2.05) is 24.4 Å². The lowest BCUT2D eigenvalue weighted by atomic mass is 10.2. The Balaban J connectivity index is 1.87. The number of nitrogens with zero attached hydrogens (tertiary/aromatic N) is 2. The summed E-state index contributed by atoms with van der Waals surface area (Å²) >= 11 is 1.77. The number of hydrogen-bond donors (Lipinski definition) is 1. The molecule has 0 saturated heterocycles. The molecule has 3 rings (SSSR count). The Morgan fingerprint density at radius 2 is 2.18 bits per heavy atom. The van der Waals surface area contributed by atoms with E-state index in [2.05, 4.69) is 27.4 Å². The highest BCUT2D eigenvalue weighted by Gasteiger charge is 2.06. The molecule has 1 aliphatic heterocycles. The number of anilines is 1. The first kappa shape index (κ1) is 10.6. The molecule has 2 heterocycles. The van der Waals surface area contributed by atoms with E-state index in [-0.39, 0.29) is 0 Å². The molecule has 1 aliphatic rings. The second-order valence-electron chi connectivity index (χ2n) is 3.93. The van der Waals surface area contributed by atoms with E-state index in [9.17, 15) is 0 Å². The number of amidine groups is 1. The van der Waals surface area contributed by atoms with Crippen molar-refractivity contribution in [3.05, 3.63) is 36.5 Å². The topological polar surface area (TPSA) is 37.3 Å². The predicted octanol–water partition coefficient (Wildman–Crippen LogP) is 3.14. The van der Waals surface area contributed by atoms with Crippen molar-refractivity contribution in [1.29, 1.82) is 0 Å². The van der Waals surface area contributed by atoms with Gasteiger partial charge < -0.3 is 5.32 Å².